The third-order valence-corrected chi connectivity index (χ3v) is 9.95. The lowest BCUT2D eigenvalue weighted by Crippen LogP contribution is -2.54. The normalized spacial score (nSPS) is 12.5. The van der Waals surface area contributed by atoms with Crippen LogP contribution in [0.15, 0.2) is 84.9 Å². The van der Waals surface area contributed by atoms with Crippen LogP contribution in [0.2, 0.25) is 0 Å². The molecule has 0 unspecified atom stereocenters. The Hall–Kier alpha value is -4.32. The molecule has 0 aliphatic rings. The first-order valence-corrected chi connectivity index (χ1v) is 15.9. The van der Waals surface area contributed by atoms with Gasteiger partial charge in [-0.05, 0) is 146 Å². The first kappa shape index (κ1) is 35.0. The largest absolute Gasteiger partial charge is 0.411 e. The molecule has 0 radical (unpaired) electrons. The minimum absolute atomic E-state index is 0.175. The summed E-state index contributed by atoms with van der Waals surface area (Å²) in [6, 6.07) is 23.2. The van der Waals surface area contributed by atoms with Gasteiger partial charge in [0.1, 0.15) is 0 Å². The van der Waals surface area contributed by atoms with Crippen LogP contribution in [-0.4, -0.2) is 12.4 Å². The maximum Gasteiger partial charge on any atom is 0.411 e. The Bertz CT molecular complexity index is 1980. The van der Waals surface area contributed by atoms with Crippen molar-refractivity contribution < 1.29 is 26.3 Å². The van der Waals surface area contributed by atoms with Gasteiger partial charge in [-0.15, -0.1) is 0 Å². The topological polar surface area (TPSA) is 0 Å². The average molecular weight is 659 g/mol. The van der Waals surface area contributed by atoms with E-state index >= 15 is 0 Å². The van der Waals surface area contributed by atoms with Crippen LogP contribution in [0.5, 0.6) is 0 Å². The molecule has 5 aromatic rings. The van der Waals surface area contributed by atoms with Crippen LogP contribution < -0.4 is 0 Å². The minimum atomic E-state index is -5.65. The standard InChI is InChI=1S/C42H40F6/c1-24-9-15-36(16-10-24)40(41(43,44)45,42(46,47)48)37-19-29(6)30(7)35(22-37)21-34-20-32(13-11-26(34)3)33-14-12-27(4)38(23-33)39-18-25(2)17-28(5)31(39)8/h9-20,22-23H,21H2,1-8H3. The highest BCUT2D eigenvalue weighted by Crippen LogP contribution is 2.56. The number of alkyl halides is 6. The van der Waals surface area contributed by atoms with Gasteiger partial charge >= 0.3 is 12.4 Å². The molecule has 0 saturated carbocycles. The zero-order valence-electron chi connectivity index (χ0n) is 28.6. The fourth-order valence-corrected chi connectivity index (χ4v) is 6.78. The van der Waals surface area contributed by atoms with Gasteiger partial charge in [0.05, 0.1) is 0 Å². The predicted octanol–water partition coefficient (Wildman–Crippen LogP) is 12.5. The maximum absolute atomic E-state index is 15.0. The number of hydrogen-bond donors (Lipinski definition) is 0. The van der Waals surface area contributed by atoms with Gasteiger partial charge in [-0.1, -0.05) is 90.0 Å². The van der Waals surface area contributed by atoms with Gasteiger partial charge in [0.25, 0.3) is 0 Å². The maximum atomic E-state index is 15.0. The second-order valence-electron chi connectivity index (χ2n) is 13.3. The zero-order chi connectivity index (χ0) is 35.3. The summed E-state index contributed by atoms with van der Waals surface area (Å²) < 4.78 is 89.8. The van der Waals surface area contributed by atoms with E-state index in [-0.39, 0.29) is 6.42 Å². The van der Waals surface area contributed by atoms with Crippen LogP contribution in [0.4, 0.5) is 26.3 Å². The fourth-order valence-electron chi connectivity index (χ4n) is 6.78. The van der Waals surface area contributed by atoms with Crippen LogP contribution in [0.25, 0.3) is 22.3 Å². The van der Waals surface area contributed by atoms with Crippen LogP contribution in [-0.2, 0) is 11.8 Å². The van der Waals surface area contributed by atoms with Crippen molar-refractivity contribution >= 4 is 0 Å². The Balaban J connectivity index is 1.64. The Kier molecular flexibility index (Phi) is 9.19. The summed E-state index contributed by atoms with van der Waals surface area (Å²) in [5.41, 5.74) is 6.77. The highest BCUT2D eigenvalue weighted by molar-refractivity contribution is 5.78. The first-order valence-electron chi connectivity index (χ1n) is 15.9. The van der Waals surface area contributed by atoms with Gasteiger partial charge in [-0.2, -0.15) is 26.3 Å². The third kappa shape index (κ3) is 6.18. The summed E-state index contributed by atoms with van der Waals surface area (Å²) in [5, 5.41) is 0. The quantitative estimate of drug-likeness (QED) is 0.159. The molecule has 0 saturated heterocycles. The van der Waals surface area contributed by atoms with Crippen LogP contribution >= 0.6 is 0 Å². The molecule has 0 amide bonds. The monoisotopic (exact) mass is 658 g/mol. The predicted molar refractivity (Wildman–Crippen MR) is 184 cm³/mol. The molecule has 0 nitrogen and oxygen atoms in total. The van der Waals surface area contributed by atoms with E-state index < -0.39 is 28.9 Å². The molecule has 0 aliphatic carbocycles. The van der Waals surface area contributed by atoms with E-state index in [1.54, 1.807) is 20.8 Å². The van der Waals surface area contributed by atoms with E-state index in [9.17, 15) is 26.3 Å². The van der Waals surface area contributed by atoms with Crippen molar-refractivity contribution in [3.8, 4) is 22.3 Å². The SMILES string of the molecule is Cc1ccc(C(c2cc(C)c(C)c(Cc3cc(-c4ccc(C)c(-c5cc(C)cc(C)c5C)c4)ccc3C)c2)(C(F)(F)F)C(F)(F)F)cc1. The number of rotatable bonds is 6. The molecule has 0 N–H and O–H groups in total. The van der Waals surface area contributed by atoms with Crippen LogP contribution in [0.3, 0.4) is 0 Å². The van der Waals surface area contributed by atoms with Crippen molar-refractivity contribution in [3.05, 3.63) is 152 Å². The molecule has 0 fully saturated rings. The minimum Gasteiger partial charge on any atom is -0.169 e. The highest BCUT2D eigenvalue weighted by Gasteiger charge is 2.72. The molecular formula is C42H40F6. The van der Waals surface area contributed by atoms with Gasteiger partial charge < -0.3 is 0 Å². The summed E-state index contributed by atoms with van der Waals surface area (Å²) >= 11 is 0. The number of hydrogen-bond acceptors (Lipinski definition) is 0. The van der Waals surface area contributed by atoms with Crippen LogP contribution in [0.1, 0.15) is 66.8 Å². The molecule has 0 heterocycles. The second-order valence-corrected chi connectivity index (χ2v) is 13.3. The molecule has 0 bridgehead atoms. The Morgan fingerprint density at radius 1 is 0.417 bits per heavy atom. The Morgan fingerprint density at radius 3 is 1.58 bits per heavy atom. The zero-order valence-corrected chi connectivity index (χ0v) is 28.6. The van der Waals surface area contributed by atoms with E-state index in [4.69, 9.17) is 0 Å². The van der Waals surface area contributed by atoms with E-state index in [0.717, 1.165) is 63.2 Å². The van der Waals surface area contributed by atoms with E-state index in [1.165, 1.54) is 28.8 Å². The van der Waals surface area contributed by atoms with Crippen molar-refractivity contribution in [3.63, 3.8) is 0 Å². The Morgan fingerprint density at radius 2 is 0.979 bits per heavy atom. The first-order chi connectivity index (χ1) is 22.3. The molecule has 5 rings (SSSR count). The fraction of sp³-hybridized carbons (Fsp3) is 0.286. The van der Waals surface area contributed by atoms with E-state index in [1.807, 2.05) is 31.2 Å². The molecule has 0 aromatic heterocycles. The lowest BCUT2D eigenvalue weighted by atomic mass is 9.71. The highest BCUT2D eigenvalue weighted by atomic mass is 19.4. The molecule has 250 valence electrons. The summed E-state index contributed by atoms with van der Waals surface area (Å²) in [5.74, 6) is 0. The van der Waals surface area contributed by atoms with Crippen LogP contribution in [0, 0.1) is 55.4 Å². The van der Waals surface area contributed by atoms with Crippen molar-refractivity contribution in [2.75, 3.05) is 0 Å². The second kappa shape index (κ2) is 12.6. The van der Waals surface area contributed by atoms with Crippen molar-refractivity contribution in [2.45, 2.75) is 79.6 Å². The number of halogens is 6. The summed E-state index contributed by atoms with van der Waals surface area (Å²) in [6.45, 7) is 15.2. The molecule has 5 aromatic carbocycles. The molecule has 6 heteroatoms. The van der Waals surface area contributed by atoms with E-state index in [2.05, 4.69) is 52.0 Å². The van der Waals surface area contributed by atoms with Crippen molar-refractivity contribution in [1.29, 1.82) is 0 Å². The van der Waals surface area contributed by atoms with E-state index in [0.29, 0.717) is 22.3 Å². The average Bonchev–Trinajstić information content (AvgIpc) is 2.98. The van der Waals surface area contributed by atoms with Crippen molar-refractivity contribution in [1.82, 2.24) is 0 Å². The third-order valence-electron chi connectivity index (χ3n) is 9.95. The van der Waals surface area contributed by atoms with Gasteiger partial charge in [0.2, 0.25) is 5.41 Å². The lowest BCUT2D eigenvalue weighted by Gasteiger charge is -2.39. The number of benzene rings is 5. The molecular weight excluding hydrogens is 618 g/mol. The summed E-state index contributed by atoms with van der Waals surface area (Å²) in [4.78, 5) is 0. The van der Waals surface area contributed by atoms with Gasteiger partial charge in [0.15, 0.2) is 0 Å². The summed E-state index contributed by atoms with van der Waals surface area (Å²) in [7, 11) is 0. The molecule has 0 atom stereocenters. The molecule has 0 spiro atoms. The van der Waals surface area contributed by atoms with Crippen molar-refractivity contribution in [2.24, 2.45) is 0 Å². The van der Waals surface area contributed by atoms with Gasteiger partial charge in [-0.25, -0.2) is 0 Å². The smallest absolute Gasteiger partial charge is 0.169 e. The molecule has 0 aliphatic heterocycles. The molecule has 48 heavy (non-hydrogen) atoms. The van der Waals surface area contributed by atoms with Gasteiger partial charge in [-0.3, -0.25) is 0 Å². The number of aryl methyl sites for hydroxylation is 6. The summed E-state index contributed by atoms with van der Waals surface area (Å²) in [6.07, 6.45) is -11.1. The van der Waals surface area contributed by atoms with Gasteiger partial charge in [0, 0.05) is 0 Å². The Labute approximate surface area is 279 Å². The lowest BCUT2D eigenvalue weighted by molar-refractivity contribution is -0.288.